The summed E-state index contributed by atoms with van der Waals surface area (Å²) in [6.45, 7) is 2.01. The first-order valence-corrected chi connectivity index (χ1v) is 9.07. The van der Waals surface area contributed by atoms with Crippen LogP contribution >= 0.6 is 15.9 Å². The number of imide groups is 2. The molecule has 1 heterocycles. The Kier molecular flexibility index (Phi) is 5.41. The van der Waals surface area contributed by atoms with Crippen LogP contribution in [0.2, 0.25) is 0 Å². The summed E-state index contributed by atoms with van der Waals surface area (Å²) in [5, 5.41) is 2.22. The number of benzene rings is 2. The molecular formula is C20H17BrN2O4. The van der Waals surface area contributed by atoms with Crippen molar-refractivity contribution < 1.29 is 19.1 Å². The minimum atomic E-state index is -0.771. The number of hydrogen-bond acceptors (Lipinski definition) is 4. The fraction of sp³-hybridized carbons (Fsp3) is 0.150. The third kappa shape index (κ3) is 3.78. The Morgan fingerprint density at radius 3 is 2.44 bits per heavy atom. The summed E-state index contributed by atoms with van der Waals surface area (Å²) in [4.78, 5) is 38.4. The zero-order valence-corrected chi connectivity index (χ0v) is 16.4. The van der Waals surface area contributed by atoms with E-state index >= 15 is 0 Å². The lowest BCUT2D eigenvalue weighted by Gasteiger charge is -2.26. The highest BCUT2D eigenvalue weighted by molar-refractivity contribution is 9.10. The molecule has 0 bridgehead atoms. The van der Waals surface area contributed by atoms with Crippen molar-refractivity contribution in [3.05, 3.63) is 63.6 Å². The van der Waals surface area contributed by atoms with Gasteiger partial charge in [-0.3, -0.25) is 14.9 Å². The number of carbonyl (C=O) groups is 3. The number of nitrogens with one attached hydrogen (secondary N) is 1. The van der Waals surface area contributed by atoms with Crippen molar-refractivity contribution in [2.45, 2.75) is 13.3 Å². The van der Waals surface area contributed by atoms with Crippen molar-refractivity contribution in [1.29, 1.82) is 0 Å². The van der Waals surface area contributed by atoms with E-state index in [2.05, 4.69) is 21.2 Å². The van der Waals surface area contributed by atoms with Crippen molar-refractivity contribution >= 4 is 45.5 Å². The van der Waals surface area contributed by atoms with Gasteiger partial charge < -0.3 is 4.74 Å². The summed E-state index contributed by atoms with van der Waals surface area (Å²) in [7, 11) is 1.50. The summed E-state index contributed by atoms with van der Waals surface area (Å²) < 4.78 is 6.05. The van der Waals surface area contributed by atoms with E-state index in [0.717, 1.165) is 21.4 Å². The number of ether oxygens (including phenoxy) is 1. The minimum absolute atomic E-state index is 0.148. The monoisotopic (exact) mass is 428 g/mol. The zero-order valence-electron chi connectivity index (χ0n) is 14.8. The van der Waals surface area contributed by atoms with Gasteiger partial charge in [0.05, 0.1) is 12.8 Å². The van der Waals surface area contributed by atoms with Crippen molar-refractivity contribution in [3.8, 4) is 5.75 Å². The Balaban J connectivity index is 2.03. The second-order valence-electron chi connectivity index (χ2n) is 5.86. The predicted molar refractivity (Wildman–Crippen MR) is 106 cm³/mol. The van der Waals surface area contributed by atoms with Crippen molar-refractivity contribution in [2.24, 2.45) is 0 Å². The Morgan fingerprint density at radius 1 is 1.11 bits per heavy atom. The lowest BCUT2D eigenvalue weighted by Crippen LogP contribution is -2.54. The predicted octanol–water partition coefficient (Wildman–Crippen LogP) is 3.69. The van der Waals surface area contributed by atoms with Gasteiger partial charge in [-0.15, -0.1) is 0 Å². The van der Waals surface area contributed by atoms with Crippen LogP contribution in [-0.4, -0.2) is 25.0 Å². The number of urea groups is 1. The number of aryl methyl sites for hydroxylation is 1. The molecule has 0 aromatic heterocycles. The summed E-state index contributed by atoms with van der Waals surface area (Å²) in [5.41, 5.74) is 1.87. The maximum absolute atomic E-state index is 12.9. The van der Waals surface area contributed by atoms with Crippen LogP contribution in [0.5, 0.6) is 5.75 Å². The number of carbonyl (C=O) groups excluding carboxylic acids is 3. The summed E-state index contributed by atoms with van der Waals surface area (Å²) in [5.74, 6) is -0.925. The fourth-order valence-corrected chi connectivity index (χ4v) is 3.12. The van der Waals surface area contributed by atoms with Crippen LogP contribution in [0.15, 0.2) is 52.5 Å². The van der Waals surface area contributed by atoms with E-state index in [1.54, 1.807) is 30.3 Å². The van der Waals surface area contributed by atoms with Gasteiger partial charge in [0.15, 0.2) is 0 Å². The molecule has 27 heavy (non-hydrogen) atoms. The largest absolute Gasteiger partial charge is 0.496 e. The number of rotatable bonds is 4. The number of hydrogen-bond donors (Lipinski definition) is 1. The first kappa shape index (κ1) is 18.8. The van der Waals surface area contributed by atoms with E-state index < -0.39 is 17.8 Å². The van der Waals surface area contributed by atoms with Crippen LogP contribution in [0.4, 0.5) is 10.5 Å². The van der Waals surface area contributed by atoms with Crippen molar-refractivity contribution in [3.63, 3.8) is 0 Å². The van der Waals surface area contributed by atoms with Gasteiger partial charge in [0.25, 0.3) is 11.8 Å². The Labute approximate surface area is 164 Å². The molecule has 1 saturated heterocycles. The normalized spacial score (nSPS) is 15.9. The van der Waals surface area contributed by atoms with Crippen molar-refractivity contribution in [1.82, 2.24) is 5.32 Å². The Morgan fingerprint density at radius 2 is 1.81 bits per heavy atom. The lowest BCUT2D eigenvalue weighted by molar-refractivity contribution is -0.122. The van der Waals surface area contributed by atoms with Gasteiger partial charge in [-0.25, -0.2) is 9.69 Å². The van der Waals surface area contributed by atoms with E-state index in [1.807, 2.05) is 19.1 Å². The fourth-order valence-electron chi connectivity index (χ4n) is 2.75. The number of nitrogens with zero attached hydrogens (tertiary/aromatic N) is 1. The average Bonchev–Trinajstić information content (AvgIpc) is 2.65. The number of halogens is 1. The van der Waals surface area contributed by atoms with E-state index in [9.17, 15) is 14.4 Å². The summed E-state index contributed by atoms with van der Waals surface area (Å²) in [6.07, 6.45) is 2.26. The average molecular weight is 429 g/mol. The van der Waals surface area contributed by atoms with Gasteiger partial charge in [0.2, 0.25) is 0 Å². The highest BCUT2D eigenvalue weighted by atomic mass is 79.9. The molecule has 138 valence electrons. The van der Waals surface area contributed by atoms with Crippen LogP contribution in [0.25, 0.3) is 6.08 Å². The second-order valence-corrected chi connectivity index (χ2v) is 6.78. The highest BCUT2D eigenvalue weighted by Crippen LogP contribution is 2.28. The van der Waals surface area contributed by atoms with E-state index in [-0.39, 0.29) is 5.57 Å². The van der Waals surface area contributed by atoms with E-state index in [1.165, 1.54) is 13.2 Å². The number of methoxy groups -OCH3 is 1. The van der Waals surface area contributed by atoms with Gasteiger partial charge in [-0.1, -0.05) is 35.0 Å². The molecule has 2 aromatic rings. The molecule has 4 amide bonds. The molecule has 0 saturated carbocycles. The molecule has 1 aliphatic rings. The highest BCUT2D eigenvalue weighted by Gasteiger charge is 2.36. The maximum Gasteiger partial charge on any atom is 0.335 e. The van der Waals surface area contributed by atoms with E-state index in [0.29, 0.717) is 17.0 Å². The van der Waals surface area contributed by atoms with Gasteiger partial charge in [-0.05, 0) is 48.4 Å². The third-order valence-electron chi connectivity index (χ3n) is 4.20. The van der Waals surface area contributed by atoms with Gasteiger partial charge >= 0.3 is 6.03 Å². The van der Waals surface area contributed by atoms with Crippen LogP contribution < -0.4 is 15.0 Å². The molecule has 0 atom stereocenters. The maximum atomic E-state index is 12.9. The van der Waals surface area contributed by atoms with Crippen LogP contribution in [-0.2, 0) is 16.0 Å². The first-order valence-electron chi connectivity index (χ1n) is 8.28. The minimum Gasteiger partial charge on any atom is -0.496 e. The molecule has 1 N–H and O–H groups in total. The SMILES string of the molecule is CCc1ccc(N2C(=O)NC(=O)C(=Cc3cc(Br)ccc3OC)C2=O)cc1. The molecule has 1 aliphatic heterocycles. The second kappa shape index (κ2) is 7.75. The standard InChI is InChI=1S/C20H17BrN2O4/c1-3-12-4-7-15(8-5-12)23-19(25)16(18(24)22-20(23)26)11-13-10-14(21)6-9-17(13)27-2/h4-11H,3H2,1-2H3,(H,22,24,26). The molecule has 2 aromatic carbocycles. The van der Waals surface area contributed by atoms with E-state index in [4.69, 9.17) is 4.74 Å². The molecule has 0 spiro atoms. The van der Waals surface area contributed by atoms with Gasteiger partial charge in [-0.2, -0.15) is 0 Å². The number of barbiturate groups is 1. The smallest absolute Gasteiger partial charge is 0.335 e. The molecule has 0 radical (unpaired) electrons. The molecular weight excluding hydrogens is 412 g/mol. The van der Waals surface area contributed by atoms with Crippen LogP contribution in [0.1, 0.15) is 18.1 Å². The van der Waals surface area contributed by atoms with Gasteiger partial charge in [0.1, 0.15) is 11.3 Å². The molecule has 0 aliphatic carbocycles. The van der Waals surface area contributed by atoms with Crippen molar-refractivity contribution in [2.75, 3.05) is 12.0 Å². The van der Waals surface area contributed by atoms with Crippen LogP contribution in [0, 0.1) is 0 Å². The van der Waals surface area contributed by atoms with Gasteiger partial charge in [0, 0.05) is 10.0 Å². The first-order chi connectivity index (χ1) is 12.9. The zero-order chi connectivity index (χ0) is 19.6. The Bertz CT molecular complexity index is 951. The Hall–Kier alpha value is -2.93. The summed E-state index contributed by atoms with van der Waals surface area (Å²) in [6, 6.07) is 11.5. The molecule has 0 unspecified atom stereocenters. The lowest BCUT2D eigenvalue weighted by atomic mass is 10.1. The topological polar surface area (TPSA) is 75.7 Å². The number of amides is 4. The number of anilines is 1. The molecule has 6 nitrogen and oxygen atoms in total. The summed E-state index contributed by atoms with van der Waals surface area (Å²) >= 11 is 3.36. The molecule has 1 fully saturated rings. The van der Waals surface area contributed by atoms with Crippen LogP contribution in [0.3, 0.4) is 0 Å². The molecule has 3 rings (SSSR count). The quantitative estimate of drug-likeness (QED) is 0.594. The molecule has 7 heteroatoms. The third-order valence-corrected chi connectivity index (χ3v) is 4.69.